The summed E-state index contributed by atoms with van der Waals surface area (Å²) >= 11 is 3.24. The lowest BCUT2D eigenvalue weighted by molar-refractivity contribution is -0.139. The fourth-order valence-electron chi connectivity index (χ4n) is 1.51. The third kappa shape index (κ3) is 3.35. The van der Waals surface area contributed by atoms with Crippen LogP contribution in [0.3, 0.4) is 0 Å². The summed E-state index contributed by atoms with van der Waals surface area (Å²) in [6.45, 7) is -0.447. The van der Waals surface area contributed by atoms with Gasteiger partial charge in [0.05, 0.1) is 4.47 Å². The van der Waals surface area contributed by atoms with Crippen molar-refractivity contribution in [2.45, 2.75) is 0 Å². The van der Waals surface area contributed by atoms with Gasteiger partial charge in [-0.05, 0) is 39.7 Å². The minimum atomic E-state index is -1.08. The number of amides is 3. The second-order valence-corrected chi connectivity index (χ2v) is 4.69. The van der Waals surface area contributed by atoms with Gasteiger partial charge in [-0.1, -0.05) is 6.07 Å². The van der Waals surface area contributed by atoms with Gasteiger partial charge in [0.25, 0.3) is 5.91 Å². The van der Waals surface area contributed by atoms with Crippen molar-refractivity contribution in [2.75, 3.05) is 6.61 Å². The molecule has 8 heteroatoms. The lowest BCUT2D eigenvalue weighted by Gasteiger charge is -2.06. The molecule has 3 N–H and O–H groups in total. The van der Waals surface area contributed by atoms with E-state index >= 15 is 0 Å². The molecule has 0 spiro atoms. The minimum absolute atomic E-state index is 0.140. The van der Waals surface area contributed by atoms with E-state index in [4.69, 9.17) is 9.84 Å². The van der Waals surface area contributed by atoms with Crippen LogP contribution in [0.1, 0.15) is 5.56 Å². The van der Waals surface area contributed by atoms with E-state index in [1.54, 1.807) is 18.2 Å². The topological polar surface area (TPSA) is 105 Å². The van der Waals surface area contributed by atoms with Crippen LogP contribution in [-0.2, 0) is 9.59 Å². The number of imide groups is 1. The fourth-order valence-corrected chi connectivity index (χ4v) is 2.02. The summed E-state index contributed by atoms with van der Waals surface area (Å²) in [7, 11) is 0. The van der Waals surface area contributed by atoms with Gasteiger partial charge in [0.1, 0.15) is 11.4 Å². The number of urea groups is 1. The molecule has 0 radical (unpaired) electrons. The fraction of sp³-hybridized carbons (Fsp3) is 0.0833. The molecule has 1 saturated heterocycles. The first-order valence-electron chi connectivity index (χ1n) is 5.44. The van der Waals surface area contributed by atoms with Gasteiger partial charge in [0, 0.05) is 0 Å². The SMILES string of the molecule is O=C(O)COc1ccc(C=C2NC(=O)NC2=O)cc1Br. The zero-order valence-corrected chi connectivity index (χ0v) is 11.6. The van der Waals surface area contributed by atoms with Gasteiger partial charge >= 0.3 is 12.0 Å². The van der Waals surface area contributed by atoms with E-state index in [-0.39, 0.29) is 5.70 Å². The van der Waals surface area contributed by atoms with Crippen LogP contribution in [0.2, 0.25) is 0 Å². The first-order chi connectivity index (χ1) is 9.45. The number of rotatable bonds is 4. The van der Waals surface area contributed by atoms with Crippen LogP contribution in [0.4, 0.5) is 4.79 Å². The highest BCUT2D eigenvalue weighted by Gasteiger charge is 2.22. The van der Waals surface area contributed by atoms with Crippen molar-refractivity contribution in [3.8, 4) is 5.75 Å². The normalized spacial score (nSPS) is 15.9. The van der Waals surface area contributed by atoms with E-state index in [1.165, 1.54) is 6.08 Å². The molecule has 1 aromatic rings. The van der Waals surface area contributed by atoms with Gasteiger partial charge < -0.3 is 15.2 Å². The predicted octanol–water partition coefficient (Wildman–Crippen LogP) is 1.09. The average molecular weight is 341 g/mol. The second-order valence-electron chi connectivity index (χ2n) is 3.84. The maximum Gasteiger partial charge on any atom is 0.341 e. The Morgan fingerprint density at radius 3 is 2.65 bits per heavy atom. The van der Waals surface area contributed by atoms with Gasteiger partial charge in [0.15, 0.2) is 6.61 Å². The van der Waals surface area contributed by atoms with Crippen molar-refractivity contribution in [1.82, 2.24) is 10.6 Å². The molecule has 2 rings (SSSR count). The lowest BCUT2D eigenvalue weighted by Crippen LogP contribution is -2.22. The Labute approximate surface area is 121 Å². The molecule has 0 atom stereocenters. The third-order valence-electron chi connectivity index (χ3n) is 2.34. The van der Waals surface area contributed by atoms with E-state index in [0.717, 1.165) is 0 Å². The summed E-state index contributed by atoms with van der Waals surface area (Å²) in [6, 6.07) is 4.27. The molecular formula is C12H9BrN2O5. The standard InChI is InChI=1S/C12H9BrN2O5/c13-7-3-6(1-2-9(7)20-5-10(16)17)4-8-11(18)15-12(19)14-8/h1-4H,5H2,(H,16,17)(H2,14,15,18,19). The summed E-state index contributed by atoms with van der Waals surface area (Å²) in [6.07, 6.45) is 1.49. The molecule has 1 aliphatic rings. The van der Waals surface area contributed by atoms with Crippen molar-refractivity contribution in [3.05, 3.63) is 33.9 Å². The van der Waals surface area contributed by atoms with Crippen LogP contribution in [-0.4, -0.2) is 29.6 Å². The quantitative estimate of drug-likeness (QED) is 0.562. The number of hydrogen-bond donors (Lipinski definition) is 3. The molecular weight excluding hydrogens is 332 g/mol. The van der Waals surface area contributed by atoms with Crippen molar-refractivity contribution >= 4 is 39.9 Å². The van der Waals surface area contributed by atoms with Crippen LogP contribution in [0.5, 0.6) is 5.75 Å². The highest BCUT2D eigenvalue weighted by Crippen LogP contribution is 2.27. The van der Waals surface area contributed by atoms with Crippen molar-refractivity contribution in [3.63, 3.8) is 0 Å². The number of carbonyl (C=O) groups is 3. The Morgan fingerprint density at radius 2 is 2.10 bits per heavy atom. The molecule has 0 aliphatic carbocycles. The van der Waals surface area contributed by atoms with E-state index in [9.17, 15) is 14.4 Å². The number of carboxylic acid groups (broad SMARTS) is 1. The maximum atomic E-state index is 11.4. The monoisotopic (exact) mass is 340 g/mol. The van der Waals surface area contributed by atoms with Gasteiger partial charge in [-0.2, -0.15) is 0 Å². The highest BCUT2D eigenvalue weighted by atomic mass is 79.9. The molecule has 3 amide bonds. The van der Waals surface area contributed by atoms with E-state index < -0.39 is 24.5 Å². The predicted molar refractivity (Wildman–Crippen MR) is 71.9 cm³/mol. The molecule has 0 bridgehead atoms. The molecule has 1 aromatic carbocycles. The molecule has 0 aromatic heterocycles. The maximum absolute atomic E-state index is 11.4. The number of carboxylic acids is 1. The van der Waals surface area contributed by atoms with Gasteiger partial charge in [-0.3, -0.25) is 10.1 Å². The Bertz CT molecular complexity index is 626. The molecule has 104 valence electrons. The summed E-state index contributed by atoms with van der Waals surface area (Å²) in [4.78, 5) is 32.7. The van der Waals surface area contributed by atoms with Crippen LogP contribution < -0.4 is 15.4 Å². The number of benzene rings is 1. The lowest BCUT2D eigenvalue weighted by atomic mass is 10.2. The van der Waals surface area contributed by atoms with E-state index in [2.05, 4.69) is 26.6 Å². The molecule has 1 aliphatic heterocycles. The van der Waals surface area contributed by atoms with Crippen LogP contribution in [0, 0.1) is 0 Å². The smallest absolute Gasteiger partial charge is 0.341 e. The number of halogens is 1. The Morgan fingerprint density at radius 1 is 1.35 bits per heavy atom. The summed E-state index contributed by atoms with van der Waals surface area (Å²) < 4.78 is 5.58. The van der Waals surface area contributed by atoms with E-state index in [1.807, 2.05) is 0 Å². The molecule has 0 unspecified atom stereocenters. The number of nitrogens with one attached hydrogen (secondary N) is 2. The Kier molecular flexibility index (Phi) is 4.04. The molecule has 0 saturated carbocycles. The summed E-state index contributed by atoms with van der Waals surface area (Å²) in [5.74, 6) is -1.21. The highest BCUT2D eigenvalue weighted by molar-refractivity contribution is 9.10. The van der Waals surface area contributed by atoms with Crippen LogP contribution >= 0.6 is 15.9 Å². The van der Waals surface area contributed by atoms with Gasteiger partial charge in [-0.15, -0.1) is 0 Å². The van der Waals surface area contributed by atoms with Crippen molar-refractivity contribution in [1.29, 1.82) is 0 Å². The summed E-state index contributed by atoms with van der Waals surface area (Å²) in [5, 5.41) is 13.0. The Balaban J connectivity index is 2.17. The minimum Gasteiger partial charge on any atom is -0.481 e. The molecule has 7 nitrogen and oxygen atoms in total. The first kappa shape index (κ1) is 14.1. The van der Waals surface area contributed by atoms with Gasteiger partial charge in [-0.25, -0.2) is 9.59 Å². The van der Waals surface area contributed by atoms with Crippen molar-refractivity contribution in [2.24, 2.45) is 0 Å². The summed E-state index contributed by atoms with van der Waals surface area (Å²) in [5.41, 5.74) is 0.785. The average Bonchev–Trinajstić information content (AvgIpc) is 2.66. The zero-order chi connectivity index (χ0) is 14.7. The second kappa shape index (κ2) is 5.74. The first-order valence-corrected chi connectivity index (χ1v) is 6.23. The van der Waals surface area contributed by atoms with Gasteiger partial charge in [0.2, 0.25) is 0 Å². The largest absolute Gasteiger partial charge is 0.481 e. The van der Waals surface area contributed by atoms with Crippen LogP contribution in [0.25, 0.3) is 6.08 Å². The van der Waals surface area contributed by atoms with Crippen LogP contribution in [0.15, 0.2) is 28.4 Å². The number of hydrogen-bond acceptors (Lipinski definition) is 4. The zero-order valence-electron chi connectivity index (χ0n) is 9.97. The molecule has 20 heavy (non-hydrogen) atoms. The molecule has 1 fully saturated rings. The number of aliphatic carboxylic acids is 1. The van der Waals surface area contributed by atoms with Crippen molar-refractivity contribution < 1.29 is 24.2 Å². The Hall–Kier alpha value is -2.35. The number of carbonyl (C=O) groups excluding carboxylic acids is 2. The number of ether oxygens (including phenoxy) is 1. The third-order valence-corrected chi connectivity index (χ3v) is 2.96. The molecule has 1 heterocycles. The van der Waals surface area contributed by atoms with E-state index in [0.29, 0.717) is 15.8 Å².